The Bertz CT molecular complexity index is 102. The van der Waals surface area contributed by atoms with Crippen molar-refractivity contribution in [3.63, 3.8) is 0 Å². The van der Waals surface area contributed by atoms with Gasteiger partial charge in [-0.3, -0.25) is 0 Å². The fourth-order valence-corrected chi connectivity index (χ4v) is 1.07. The first-order chi connectivity index (χ1) is 4.63. The van der Waals surface area contributed by atoms with E-state index in [0.29, 0.717) is 6.61 Å². The monoisotopic (exact) mass is 163 g/mol. The van der Waals surface area contributed by atoms with Crippen molar-refractivity contribution in [1.82, 2.24) is 0 Å². The third-order valence-corrected chi connectivity index (χ3v) is 1.75. The molecule has 3 heteroatoms. The van der Waals surface area contributed by atoms with E-state index in [1.54, 1.807) is 6.66 Å². The van der Waals surface area contributed by atoms with Crippen molar-refractivity contribution in [2.75, 3.05) is 13.3 Å². The van der Waals surface area contributed by atoms with Crippen molar-refractivity contribution < 1.29 is 9.09 Å². The Morgan fingerprint density at radius 1 is 1.50 bits per heavy atom. The molecule has 0 aliphatic carbocycles. The molecule has 0 heterocycles. The quantitative estimate of drug-likeness (QED) is 0.460. The molecule has 0 bridgehead atoms. The van der Waals surface area contributed by atoms with E-state index in [9.17, 15) is 4.57 Å². The van der Waals surface area contributed by atoms with Gasteiger partial charge in [-0.15, -0.1) is 4.52 Å². The maximum Gasteiger partial charge on any atom is 0.504 e. The Kier molecular flexibility index (Phi) is 5.85. The minimum absolute atomic E-state index is 0.643. The molecule has 60 valence electrons. The molecule has 0 radical (unpaired) electrons. The van der Waals surface area contributed by atoms with Crippen molar-refractivity contribution >= 4 is 8.03 Å². The van der Waals surface area contributed by atoms with Gasteiger partial charge in [0.05, 0.1) is 0 Å². The molecule has 0 aliphatic heterocycles. The Labute approximate surface area is 63.8 Å². The molecular formula is C7H16O2P+. The summed E-state index contributed by atoms with van der Waals surface area (Å²) in [4.78, 5) is 0. The lowest BCUT2D eigenvalue weighted by Gasteiger charge is -1.99. The lowest BCUT2D eigenvalue weighted by atomic mass is 10.1. The summed E-state index contributed by atoms with van der Waals surface area (Å²) in [5.74, 6) is 0.721. The lowest BCUT2D eigenvalue weighted by Crippen LogP contribution is -1.91. The van der Waals surface area contributed by atoms with Crippen LogP contribution >= 0.6 is 8.03 Å². The molecule has 0 aromatic heterocycles. The van der Waals surface area contributed by atoms with E-state index in [1.807, 2.05) is 0 Å². The van der Waals surface area contributed by atoms with E-state index in [-0.39, 0.29) is 0 Å². The molecule has 0 rings (SSSR count). The van der Waals surface area contributed by atoms with Gasteiger partial charge in [0.15, 0.2) is 6.66 Å². The molecular weight excluding hydrogens is 147 g/mol. The van der Waals surface area contributed by atoms with Crippen LogP contribution in [0.5, 0.6) is 0 Å². The van der Waals surface area contributed by atoms with Gasteiger partial charge in [-0.25, -0.2) is 0 Å². The van der Waals surface area contributed by atoms with Crippen LogP contribution in [-0.4, -0.2) is 13.3 Å². The molecule has 0 aromatic carbocycles. The largest absolute Gasteiger partial charge is 0.504 e. The van der Waals surface area contributed by atoms with Crippen LogP contribution in [0.25, 0.3) is 0 Å². The standard InChI is InChI=1S/C7H16O2P/c1-7(2)5-4-6-9-10(3)8/h7H,4-6H2,1-3H3/q+1. The van der Waals surface area contributed by atoms with Gasteiger partial charge in [-0.05, 0) is 23.3 Å². The average Bonchev–Trinajstić information content (AvgIpc) is 1.79. The van der Waals surface area contributed by atoms with Crippen LogP contribution in [0.3, 0.4) is 0 Å². The molecule has 0 aliphatic rings. The fraction of sp³-hybridized carbons (Fsp3) is 1.00. The summed E-state index contributed by atoms with van der Waals surface area (Å²) in [7, 11) is -1.38. The van der Waals surface area contributed by atoms with E-state index in [4.69, 9.17) is 4.52 Å². The second kappa shape index (κ2) is 5.82. The van der Waals surface area contributed by atoms with Gasteiger partial charge < -0.3 is 0 Å². The van der Waals surface area contributed by atoms with Gasteiger partial charge in [-0.1, -0.05) is 13.8 Å². The zero-order valence-corrected chi connectivity index (χ0v) is 7.86. The van der Waals surface area contributed by atoms with Crippen LogP contribution < -0.4 is 0 Å². The van der Waals surface area contributed by atoms with E-state index >= 15 is 0 Å². The molecule has 1 atom stereocenters. The second-order valence-electron chi connectivity index (χ2n) is 2.81. The zero-order chi connectivity index (χ0) is 7.98. The van der Waals surface area contributed by atoms with Crippen molar-refractivity contribution in [2.24, 2.45) is 5.92 Å². The van der Waals surface area contributed by atoms with Crippen LogP contribution in [-0.2, 0) is 9.09 Å². The highest BCUT2D eigenvalue weighted by Crippen LogP contribution is 2.16. The maximum absolute atomic E-state index is 10.4. The van der Waals surface area contributed by atoms with Crippen molar-refractivity contribution in [1.29, 1.82) is 0 Å². The Morgan fingerprint density at radius 2 is 2.10 bits per heavy atom. The Balaban J connectivity index is 2.98. The van der Waals surface area contributed by atoms with Crippen LogP contribution in [0, 0.1) is 5.92 Å². The van der Waals surface area contributed by atoms with Crippen LogP contribution in [0.2, 0.25) is 0 Å². The van der Waals surface area contributed by atoms with Crippen LogP contribution in [0.15, 0.2) is 0 Å². The molecule has 10 heavy (non-hydrogen) atoms. The van der Waals surface area contributed by atoms with Gasteiger partial charge in [0.2, 0.25) is 0 Å². The van der Waals surface area contributed by atoms with E-state index in [0.717, 1.165) is 18.8 Å². The van der Waals surface area contributed by atoms with E-state index in [1.165, 1.54) is 0 Å². The predicted molar refractivity (Wildman–Crippen MR) is 43.6 cm³/mol. The minimum Gasteiger partial charge on any atom is -0.147 e. The number of hydrogen-bond acceptors (Lipinski definition) is 2. The molecule has 0 aromatic rings. The Morgan fingerprint density at radius 3 is 2.50 bits per heavy atom. The normalized spacial score (nSPS) is 12.2. The number of rotatable bonds is 5. The summed E-state index contributed by atoms with van der Waals surface area (Å²) in [5.41, 5.74) is 0. The van der Waals surface area contributed by atoms with Gasteiger partial charge in [0.25, 0.3) is 0 Å². The third kappa shape index (κ3) is 8.06. The predicted octanol–water partition coefficient (Wildman–Crippen LogP) is 2.81. The third-order valence-electron chi connectivity index (χ3n) is 1.20. The summed E-state index contributed by atoms with van der Waals surface area (Å²) in [6.45, 7) is 6.58. The van der Waals surface area contributed by atoms with Crippen LogP contribution in [0.4, 0.5) is 0 Å². The van der Waals surface area contributed by atoms with Gasteiger partial charge >= 0.3 is 8.03 Å². The van der Waals surface area contributed by atoms with E-state index in [2.05, 4.69) is 13.8 Å². The topological polar surface area (TPSA) is 26.3 Å². The van der Waals surface area contributed by atoms with Gasteiger partial charge in [-0.2, -0.15) is 0 Å². The van der Waals surface area contributed by atoms with E-state index < -0.39 is 8.03 Å². The summed E-state index contributed by atoms with van der Waals surface area (Å²) >= 11 is 0. The smallest absolute Gasteiger partial charge is 0.147 e. The molecule has 0 fully saturated rings. The first kappa shape index (κ1) is 10.1. The lowest BCUT2D eigenvalue weighted by molar-refractivity contribution is 0.311. The van der Waals surface area contributed by atoms with Crippen LogP contribution in [0.1, 0.15) is 26.7 Å². The summed E-state index contributed by atoms with van der Waals surface area (Å²) < 4.78 is 15.3. The molecule has 0 saturated heterocycles. The SMILES string of the molecule is CC(C)CCCO[P+](C)=O. The fourth-order valence-electron chi connectivity index (χ4n) is 0.685. The maximum atomic E-state index is 10.4. The van der Waals surface area contributed by atoms with Crippen molar-refractivity contribution in [3.05, 3.63) is 0 Å². The van der Waals surface area contributed by atoms with Gasteiger partial charge in [0, 0.05) is 0 Å². The molecule has 0 saturated carbocycles. The number of hydrogen-bond donors (Lipinski definition) is 0. The molecule has 0 spiro atoms. The summed E-state index contributed by atoms with van der Waals surface area (Å²) in [6, 6.07) is 0. The second-order valence-corrected chi connectivity index (χ2v) is 3.95. The highest BCUT2D eigenvalue weighted by molar-refractivity contribution is 7.38. The minimum atomic E-state index is -1.38. The molecule has 2 nitrogen and oxygen atoms in total. The Hall–Kier alpha value is 0.0600. The molecule has 0 amide bonds. The first-order valence-corrected chi connectivity index (χ1v) is 5.29. The highest BCUT2D eigenvalue weighted by Gasteiger charge is 2.05. The average molecular weight is 163 g/mol. The van der Waals surface area contributed by atoms with Crippen molar-refractivity contribution in [2.45, 2.75) is 26.7 Å². The molecule has 0 N–H and O–H groups in total. The zero-order valence-electron chi connectivity index (χ0n) is 6.96. The van der Waals surface area contributed by atoms with Gasteiger partial charge in [0.1, 0.15) is 6.61 Å². The molecule has 1 unspecified atom stereocenters. The first-order valence-electron chi connectivity index (χ1n) is 3.66. The highest BCUT2D eigenvalue weighted by atomic mass is 31.1. The van der Waals surface area contributed by atoms with Crippen molar-refractivity contribution in [3.8, 4) is 0 Å². The summed E-state index contributed by atoms with van der Waals surface area (Å²) in [6.07, 6.45) is 2.18. The summed E-state index contributed by atoms with van der Waals surface area (Å²) in [5, 5.41) is 0.